The van der Waals surface area contributed by atoms with Gasteiger partial charge >= 0.3 is 5.97 Å². The molecule has 0 amide bonds. The molecule has 0 spiro atoms. The largest absolute Gasteiger partial charge is 0.426 e. The minimum Gasteiger partial charge on any atom is -0.426 e. The van der Waals surface area contributed by atoms with Crippen molar-refractivity contribution >= 4 is 5.97 Å². The summed E-state index contributed by atoms with van der Waals surface area (Å²) >= 11 is 0. The molecule has 0 saturated carbocycles. The van der Waals surface area contributed by atoms with E-state index in [1.165, 1.54) is 5.56 Å². The maximum absolute atomic E-state index is 12.4. The number of hydrogen-bond acceptors (Lipinski definition) is 2. The summed E-state index contributed by atoms with van der Waals surface area (Å²) in [6, 6.07) is 4.43. The number of rotatable bonds is 7. The average molecular weight is 319 g/mol. The van der Waals surface area contributed by atoms with E-state index in [1.807, 2.05) is 6.92 Å². The predicted molar refractivity (Wildman–Crippen MR) is 98.4 cm³/mol. The van der Waals surface area contributed by atoms with Crippen molar-refractivity contribution in [1.82, 2.24) is 0 Å². The van der Waals surface area contributed by atoms with Gasteiger partial charge in [0.05, 0.1) is 5.92 Å². The van der Waals surface area contributed by atoms with Crippen LogP contribution in [0.25, 0.3) is 0 Å². The van der Waals surface area contributed by atoms with Gasteiger partial charge in [0, 0.05) is 0 Å². The molecule has 1 atom stereocenters. The van der Waals surface area contributed by atoms with Crippen LogP contribution in [0.1, 0.15) is 103 Å². The molecule has 0 aliphatic heterocycles. The zero-order valence-corrected chi connectivity index (χ0v) is 16.2. The summed E-state index contributed by atoms with van der Waals surface area (Å²) in [5.74, 6) is 1.77. The van der Waals surface area contributed by atoms with E-state index in [9.17, 15) is 4.79 Å². The summed E-state index contributed by atoms with van der Waals surface area (Å²) in [4.78, 5) is 12.4. The number of carbonyl (C=O) groups excluding carboxylic acids is 1. The lowest BCUT2D eigenvalue weighted by atomic mass is 9.88. The zero-order chi connectivity index (χ0) is 17.7. The van der Waals surface area contributed by atoms with Crippen LogP contribution >= 0.6 is 0 Å². The molecule has 1 unspecified atom stereocenters. The Morgan fingerprint density at radius 3 is 1.74 bits per heavy atom. The fourth-order valence-corrected chi connectivity index (χ4v) is 2.76. The second-order valence-corrected chi connectivity index (χ2v) is 7.60. The summed E-state index contributed by atoms with van der Waals surface area (Å²) < 4.78 is 5.91. The highest BCUT2D eigenvalue weighted by molar-refractivity contribution is 5.76. The van der Waals surface area contributed by atoms with Crippen molar-refractivity contribution in [3.8, 4) is 5.75 Å². The molecule has 0 bridgehead atoms. The van der Waals surface area contributed by atoms with Gasteiger partial charge in [0.15, 0.2) is 0 Å². The van der Waals surface area contributed by atoms with Crippen LogP contribution in [-0.4, -0.2) is 5.97 Å². The van der Waals surface area contributed by atoms with Crippen LogP contribution < -0.4 is 4.74 Å². The van der Waals surface area contributed by atoms with E-state index in [-0.39, 0.29) is 11.9 Å². The van der Waals surface area contributed by atoms with Crippen molar-refractivity contribution in [3.05, 3.63) is 28.8 Å². The second-order valence-electron chi connectivity index (χ2n) is 7.60. The molecule has 0 aliphatic carbocycles. The van der Waals surface area contributed by atoms with Gasteiger partial charge in [-0.05, 0) is 40.9 Å². The standard InChI is InChI=1S/C21H34O2/c1-9-10-16(8)21(22)23-20-18(14(4)5)11-17(13(2)3)12-19(20)15(6)7/h11-16H,9-10H2,1-8H3. The van der Waals surface area contributed by atoms with Crippen molar-refractivity contribution < 1.29 is 9.53 Å². The fourth-order valence-electron chi connectivity index (χ4n) is 2.76. The highest BCUT2D eigenvalue weighted by atomic mass is 16.5. The molecule has 130 valence electrons. The van der Waals surface area contributed by atoms with Crippen LogP contribution in [0.15, 0.2) is 12.1 Å². The summed E-state index contributed by atoms with van der Waals surface area (Å²) in [6.07, 6.45) is 1.87. The van der Waals surface area contributed by atoms with Crippen molar-refractivity contribution in [2.75, 3.05) is 0 Å². The molecular formula is C21H34O2. The topological polar surface area (TPSA) is 26.3 Å². The highest BCUT2D eigenvalue weighted by Gasteiger charge is 2.22. The van der Waals surface area contributed by atoms with E-state index < -0.39 is 0 Å². The fraction of sp³-hybridized carbons (Fsp3) is 0.667. The number of esters is 1. The Morgan fingerprint density at radius 2 is 1.39 bits per heavy atom. The highest BCUT2D eigenvalue weighted by Crippen LogP contribution is 2.38. The van der Waals surface area contributed by atoms with Gasteiger partial charge in [-0.3, -0.25) is 4.79 Å². The monoisotopic (exact) mass is 318 g/mol. The molecule has 0 aromatic heterocycles. The third-order valence-electron chi connectivity index (χ3n) is 4.41. The first-order chi connectivity index (χ1) is 10.7. The summed E-state index contributed by atoms with van der Waals surface area (Å²) in [5.41, 5.74) is 3.62. The molecule has 0 N–H and O–H groups in total. The molecule has 0 heterocycles. The molecule has 0 aliphatic rings. The van der Waals surface area contributed by atoms with E-state index >= 15 is 0 Å². The van der Waals surface area contributed by atoms with Crippen LogP contribution in [0.2, 0.25) is 0 Å². The Labute approximate surface area is 142 Å². The summed E-state index contributed by atoms with van der Waals surface area (Å²) in [5, 5.41) is 0. The molecule has 2 nitrogen and oxygen atoms in total. The van der Waals surface area contributed by atoms with Gasteiger partial charge in [0.25, 0.3) is 0 Å². The minimum absolute atomic E-state index is 0.0511. The first kappa shape index (κ1) is 19.7. The molecule has 1 aromatic rings. The average Bonchev–Trinajstić information content (AvgIpc) is 2.46. The molecule has 2 heteroatoms. The number of ether oxygens (including phenoxy) is 1. The molecule has 0 fully saturated rings. The van der Waals surface area contributed by atoms with Gasteiger partial charge in [0.2, 0.25) is 0 Å². The Bertz CT molecular complexity index is 498. The molecule has 23 heavy (non-hydrogen) atoms. The molecular weight excluding hydrogens is 284 g/mol. The summed E-state index contributed by atoms with van der Waals surface area (Å²) in [7, 11) is 0. The molecule has 0 saturated heterocycles. The van der Waals surface area contributed by atoms with E-state index in [0.717, 1.165) is 29.7 Å². The number of benzene rings is 1. The Hall–Kier alpha value is -1.31. The first-order valence-corrected chi connectivity index (χ1v) is 9.08. The van der Waals surface area contributed by atoms with E-state index in [2.05, 4.69) is 60.6 Å². The lowest BCUT2D eigenvalue weighted by Gasteiger charge is -2.23. The van der Waals surface area contributed by atoms with Crippen molar-refractivity contribution in [2.24, 2.45) is 5.92 Å². The van der Waals surface area contributed by atoms with E-state index in [4.69, 9.17) is 4.74 Å². The molecule has 1 aromatic carbocycles. The van der Waals surface area contributed by atoms with Crippen LogP contribution in [0, 0.1) is 5.92 Å². The maximum atomic E-state index is 12.4. The minimum atomic E-state index is -0.104. The maximum Gasteiger partial charge on any atom is 0.314 e. The predicted octanol–water partition coefficient (Wildman–Crippen LogP) is 6.40. The van der Waals surface area contributed by atoms with Crippen LogP contribution in [0.5, 0.6) is 5.75 Å². The zero-order valence-electron chi connectivity index (χ0n) is 16.2. The third-order valence-corrected chi connectivity index (χ3v) is 4.41. The smallest absolute Gasteiger partial charge is 0.314 e. The quantitative estimate of drug-likeness (QED) is 0.429. The number of carbonyl (C=O) groups is 1. The third kappa shape index (κ3) is 5.09. The van der Waals surface area contributed by atoms with Gasteiger partial charge in [0.1, 0.15) is 5.75 Å². The van der Waals surface area contributed by atoms with Crippen LogP contribution in [0.4, 0.5) is 0 Å². The normalized spacial score (nSPS) is 13.0. The van der Waals surface area contributed by atoms with Gasteiger partial charge in [-0.25, -0.2) is 0 Å². The lowest BCUT2D eigenvalue weighted by Crippen LogP contribution is -2.20. The van der Waals surface area contributed by atoms with E-state index in [0.29, 0.717) is 17.8 Å². The first-order valence-electron chi connectivity index (χ1n) is 9.08. The van der Waals surface area contributed by atoms with E-state index in [1.54, 1.807) is 0 Å². The van der Waals surface area contributed by atoms with Gasteiger partial charge in [-0.1, -0.05) is 73.9 Å². The van der Waals surface area contributed by atoms with Crippen LogP contribution in [0.3, 0.4) is 0 Å². The second kappa shape index (κ2) is 8.52. The Morgan fingerprint density at radius 1 is 0.913 bits per heavy atom. The molecule has 0 radical (unpaired) electrons. The lowest BCUT2D eigenvalue weighted by molar-refractivity contribution is -0.138. The van der Waals surface area contributed by atoms with Crippen molar-refractivity contribution in [1.29, 1.82) is 0 Å². The van der Waals surface area contributed by atoms with Gasteiger partial charge in [-0.2, -0.15) is 0 Å². The van der Waals surface area contributed by atoms with Crippen LogP contribution in [-0.2, 0) is 4.79 Å². The van der Waals surface area contributed by atoms with Crippen molar-refractivity contribution in [2.45, 2.75) is 86.0 Å². The Balaban J connectivity index is 3.34. The molecule has 1 rings (SSSR count). The summed E-state index contributed by atoms with van der Waals surface area (Å²) in [6.45, 7) is 17.1. The number of hydrogen-bond donors (Lipinski definition) is 0. The van der Waals surface area contributed by atoms with Gasteiger partial charge in [-0.15, -0.1) is 0 Å². The van der Waals surface area contributed by atoms with Crippen molar-refractivity contribution in [3.63, 3.8) is 0 Å². The Kier molecular flexibility index (Phi) is 7.31. The van der Waals surface area contributed by atoms with Gasteiger partial charge < -0.3 is 4.74 Å². The SMILES string of the molecule is CCCC(C)C(=O)Oc1c(C(C)C)cc(C(C)C)cc1C(C)C.